The van der Waals surface area contributed by atoms with Gasteiger partial charge in [0, 0.05) is 38.6 Å². The molecule has 0 radical (unpaired) electrons. The Hall–Kier alpha value is -0.810. The minimum Gasteiger partial charge on any atom is -0.343 e. The van der Waals surface area contributed by atoms with Gasteiger partial charge in [-0.3, -0.25) is 9.59 Å². The van der Waals surface area contributed by atoms with Crippen LogP contribution in [0.25, 0.3) is 0 Å². The predicted molar refractivity (Wildman–Crippen MR) is 96.5 cm³/mol. The van der Waals surface area contributed by atoms with Crippen LogP contribution in [0.3, 0.4) is 0 Å². The van der Waals surface area contributed by atoms with Crippen LogP contribution in [0.15, 0.2) is 0 Å². The molecule has 0 aromatic rings. The molecule has 136 valence electrons. The molecule has 0 atom stereocenters. The third-order valence-electron chi connectivity index (χ3n) is 5.40. The van der Waals surface area contributed by atoms with Crippen LogP contribution in [0, 0.1) is 11.3 Å². The van der Waals surface area contributed by atoms with Crippen molar-refractivity contribution >= 4 is 24.2 Å². The number of nitrogens with two attached hydrogens (primary N) is 1. The lowest BCUT2D eigenvalue weighted by molar-refractivity contribution is -0.146. The highest BCUT2D eigenvalue weighted by Gasteiger charge is 2.39. The number of amides is 2. The van der Waals surface area contributed by atoms with Gasteiger partial charge in [0.05, 0.1) is 5.41 Å². The van der Waals surface area contributed by atoms with Gasteiger partial charge in [-0.15, -0.1) is 12.4 Å². The van der Waals surface area contributed by atoms with Gasteiger partial charge in [0.25, 0.3) is 0 Å². The Labute approximate surface area is 147 Å². The fourth-order valence-electron chi connectivity index (χ4n) is 3.39. The van der Waals surface area contributed by atoms with Crippen LogP contribution in [0.2, 0.25) is 0 Å². The van der Waals surface area contributed by atoms with Crippen molar-refractivity contribution in [3.05, 3.63) is 0 Å². The highest BCUT2D eigenvalue weighted by Crippen LogP contribution is 2.30. The Kier molecular flexibility index (Phi) is 9.78. The van der Waals surface area contributed by atoms with E-state index in [1.165, 1.54) is 0 Å². The first-order valence-electron chi connectivity index (χ1n) is 8.77. The zero-order chi connectivity index (χ0) is 16.8. The highest BCUT2D eigenvalue weighted by molar-refractivity contribution is 5.85. The summed E-state index contributed by atoms with van der Waals surface area (Å²) >= 11 is 0. The Bertz CT molecular complexity index is 366. The maximum Gasteiger partial charge on any atom is 0.230 e. The number of hydrogen-bond donors (Lipinski definition) is 1. The second kappa shape index (κ2) is 10.1. The number of piperidine rings is 1. The largest absolute Gasteiger partial charge is 0.343 e. The predicted octanol–water partition coefficient (Wildman–Crippen LogP) is 2.28. The lowest BCUT2D eigenvalue weighted by Crippen LogP contribution is -2.51. The Balaban J connectivity index is 0.00000484. The Morgan fingerprint density at radius 1 is 1.09 bits per heavy atom. The van der Waals surface area contributed by atoms with Gasteiger partial charge >= 0.3 is 0 Å². The van der Waals surface area contributed by atoms with Gasteiger partial charge in [0.2, 0.25) is 11.8 Å². The van der Waals surface area contributed by atoms with Gasteiger partial charge in [-0.2, -0.15) is 0 Å². The standard InChI is InChI=1S/C17H33N3O2.ClH/c1-5-17(6-2,13-18)16(22)20-11-9-14(10-12-20)15(21)19(7-3)8-4;/h14H,5-13,18H2,1-4H3;1H. The number of rotatable bonds is 7. The zero-order valence-corrected chi connectivity index (χ0v) is 16.0. The van der Waals surface area contributed by atoms with E-state index in [1.54, 1.807) is 0 Å². The average molecular weight is 348 g/mol. The second-order valence-electron chi connectivity index (χ2n) is 6.27. The zero-order valence-electron chi connectivity index (χ0n) is 15.1. The molecule has 23 heavy (non-hydrogen) atoms. The van der Waals surface area contributed by atoms with Crippen molar-refractivity contribution in [3.63, 3.8) is 0 Å². The molecular formula is C17H34ClN3O2. The van der Waals surface area contributed by atoms with Crippen molar-refractivity contribution in [1.29, 1.82) is 0 Å². The average Bonchev–Trinajstić information content (AvgIpc) is 2.58. The van der Waals surface area contributed by atoms with Crippen molar-refractivity contribution in [1.82, 2.24) is 9.80 Å². The minimum absolute atomic E-state index is 0. The van der Waals surface area contributed by atoms with E-state index in [0.717, 1.165) is 38.8 Å². The molecule has 0 aliphatic carbocycles. The molecular weight excluding hydrogens is 314 g/mol. The topological polar surface area (TPSA) is 66.6 Å². The summed E-state index contributed by atoms with van der Waals surface area (Å²) in [6.45, 7) is 11.4. The summed E-state index contributed by atoms with van der Waals surface area (Å²) in [5, 5.41) is 0. The fourth-order valence-corrected chi connectivity index (χ4v) is 3.39. The van der Waals surface area contributed by atoms with Gasteiger partial charge < -0.3 is 15.5 Å². The van der Waals surface area contributed by atoms with Gasteiger partial charge in [-0.05, 0) is 39.5 Å². The molecule has 2 amide bonds. The molecule has 0 aromatic heterocycles. The normalized spacial score (nSPS) is 16.0. The Morgan fingerprint density at radius 3 is 1.91 bits per heavy atom. The van der Waals surface area contributed by atoms with Crippen LogP contribution in [0.1, 0.15) is 53.4 Å². The van der Waals surface area contributed by atoms with Crippen LogP contribution in [-0.2, 0) is 9.59 Å². The van der Waals surface area contributed by atoms with Crippen LogP contribution in [-0.4, -0.2) is 54.3 Å². The summed E-state index contributed by atoms with van der Waals surface area (Å²) in [6, 6.07) is 0. The van der Waals surface area contributed by atoms with E-state index in [-0.39, 0.29) is 30.1 Å². The van der Waals surface area contributed by atoms with Gasteiger partial charge in [-0.1, -0.05) is 13.8 Å². The van der Waals surface area contributed by atoms with E-state index >= 15 is 0 Å². The Morgan fingerprint density at radius 2 is 1.57 bits per heavy atom. The number of carbonyl (C=O) groups excluding carboxylic acids is 2. The third-order valence-corrected chi connectivity index (χ3v) is 5.40. The van der Waals surface area contributed by atoms with Gasteiger partial charge in [0.1, 0.15) is 0 Å². The molecule has 1 aliphatic heterocycles. The molecule has 1 fully saturated rings. The van der Waals surface area contributed by atoms with E-state index in [2.05, 4.69) is 0 Å². The van der Waals surface area contributed by atoms with E-state index < -0.39 is 5.41 Å². The fraction of sp³-hybridized carbons (Fsp3) is 0.882. The molecule has 2 N–H and O–H groups in total. The SMILES string of the molecule is CCN(CC)C(=O)C1CCN(C(=O)C(CC)(CC)CN)CC1.Cl. The van der Waals surface area contributed by atoms with Crippen LogP contribution in [0.5, 0.6) is 0 Å². The van der Waals surface area contributed by atoms with E-state index in [9.17, 15) is 9.59 Å². The molecule has 0 aromatic carbocycles. The summed E-state index contributed by atoms with van der Waals surface area (Å²) in [5.41, 5.74) is 5.46. The molecule has 0 unspecified atom stereocenters. The van der Waals surface area contributed by atoms with Crippen molar-refractivity contribution < 1.29 is 9.59 Å². The number of nitrogens with zero attached hydrogens (tertiary/aromatic N) is 2. The quantitative estimate of drug-likeness (QED) is 0.768. The van der Waals surface area contributed by atoms with Crippen LogP contribution in [0.4, 0.5) is 0 Å². The van der Waals surface area contributed by atoms with Crippen molar-refractivity contribution in [2.45, 2.75) is 53.4 Å². The van der Waals surface area contributed by atoms with E-state index in [1.807, 2.05) is 37.5 Å². The lowest BCUT2D eigenvalue weighted by Gasteiger charge is -2.39. The van der Waals surface area contributed by atoms with Crippen LogP contribution >= 0.6 is 12.4 Å². The maximum atomic E-state index is 12.8. The van der Waals surface area contributed by atoms with Crippen molar-refractivity contribution in [2.75, 3.05) is 32.7 Å². The molecule has 6 heteroatoms. The number of hydrogen-bond acceptors (Lipinski definition) is 3. The molecule has 1 rings (SSSR count). The minimum atomic E-state index is -0.421. The summed E-state index contributed by atoms with van der Waals surface area (Å²) in [4.78, 5) is 29.0. The monoisotopic (exact) mass is 347 g/mol. The number of halogens is 1. The summed E-state index contributed by atoms with van der Waals surface area (Å²) < 4.78 is 0. The van der Waals surface area contributed by atoms with Crippen molar-refractivity contribution in [2.24, 2.45) is 17.1 Å². The third kappa shape index (κ3) is 4.83. The molecule has 0 saturated carbocycles. The van der Waals surface area contributed by atoms with Gasteiger partial charge in [0.15, 0.2) is 0 Å². The van der Waals surface area contributed by atoms with Crippen LogP contribution < -0.4 is 5.73 Å². The van der Waals surface area contributed by atoms with Crippen molar-refractivity contribution in [3.8, 4) is 0 Å². The first-order valence-corrected chi connectivity index (χ1v) is 8.77. The first-order chi connectivity index (χ1) is 10.5. The summed E-state index contributed by atoms with van der Waals surface area (Å²) in [5.74, 6) is 0.487. The molecule has 0 bridgehead atoms. The molecule has 0 spiro atoms. The summed E-state index contributed by atoms with van der Waals surface area (Å²) in [7, 11) is 0. The highest BCUT2D eigenvalue weighted by atomic mass is 35.5. The first kappa shape index (κ1) is 22.2. The molecule has 1 heterocycles. The molecule has 1 aliphatic rings. The second-order valence-corrected chi connectivity index (χ2v) is 6.27. The lowest BCUT2D eigenvalue weighted by atomic mass is 9.80. The number of likely N-dealkylation sites (tertiary alicyclic amines) is 1. The summed E-state index contributed by atoms with van der Waals surface area (Å²) in [6.07, 6.45) is 3.10. The smallest absolute Gasteiger partial charge is 0.230 e. The van der Waals surface area contributed by atoms with Gasteiger partial charge in [-0.25, -0.2) is 0 Å². The number of carbonyl (C=O) groups is 2. The van der Waals surface area contributed by atoms with E-state index in [4.69, 9.17) is 5.73 Å². The molecule has 5 nitrogen and oxygen atoms in total. The maximum absolute atomic E-state index is 12.8. The van der Waals surface area contributed by atoms with E-state index in [0.29, 0.717) is 19.6 Å². The molecule has 1 saturated heterocycles.